The molecular weight excluding hydrogens is 244 g/mol. The maximum Gasteiger partial charge on any atom is 0.407 e. The van der Waals surface area contributed by atoms with Crippen LogP contribution >= 0.6 is 0 Å². The van der Waals surface area contributed by atoms with Crippen molar-refractivity contribution in [2.45, 2.75) is 33.2 Å². The van der Waals surface area contributed by atoms with Gasteiger partial charge >= 0.3 is 6.09 Å². The van der Waals surface area contributed by atoms with Gasteiger partial charge in [0.1, 0.15) is 0 Å². The molecule has 0 atom stereocenters. The van der Waals surface area contributed by atoms with Crippen LogP contribution in [0.15, 0.2) is 0 Å². The van der Waals surface area contributed by atoms with Crippen molar-refractivity contribution in [3.63, 3.8) is 0 Å². The van der Waals surface area contributed by atoms with Crippen molar-refractivity contribution in [1.29, 1.82) is 0 Å². The highest BCUT2D eigenvalue weighted by Crippen LogP contribution is 2.18. The van der Waals surface area contributed by atoms with E-state index in [4.69, 9.17) is 5.11 Å². The summed E-state index contributed by atoms with van der Waals surface area (Å²) in [6, 6.07) is 0. The molecule has 1 rings (SSSR count). The number of nitrogens with zero attached hydrogens (tertiary/aromatic N) is 4. The summed E-state index contributed by atoms with van der Waals surface area (Å²) in [5.41, 5.74) is 2.85. The average molecular weight is 266 g/mol. The third-order valence-corrected chi connectivity index (χ3v) is 2.97. The van der Waals surface area contributed by atoms with Crippen LogP contribution in [0, 0.1) is 0 Å². The minimum atomic E-state index is -0.954. The van der Waals surface area contributed by atoms with E-state index in [0.29, 0.717) is 5.95 Å². The highest BCUT2D eigenvalue weighted by Gasteiger charge is 2.16. The van der Waals surface area contributed by atoms with E-state index in [0.717, 1.165) is 29.8 Å². The molecule has 6 nitrogen and oxygen atoms in total. The minimum absolute atomic E-state index is 0.287. The van der Waals surface area contributed by atoms with Gasteiger partial charge < -0.3 is 14.9 Å². The molecule has 0 saturated carbocycles. The summed E-state index contributed by atoms with van der Waals surface area (Å²) in [5, 5.41) is 8.98. The Balaban J connectivity index is 3.25. The second kappa shape index (κ2) is 6.36. The zero-order chi connectivity index (χ0) is 14.6. The van der Waals surface area contributed by atoms with Crippen LogP contribution in [0.5, 0.6) is 0 Å². The lowest BCUT2D eigenvalue weighted by atomic mass is 10.1. The number of hydrogen-bond acceptors (Lipinski definition) is 4. The molecule has 0 saturated heterocycles. The lowest BCUT2D eigenvalue weighted by Gasteiger charge is -2.19. The molecule has 1 N–H and O–H groups in total. The topological polar surface area (TPSA) is 69.6 Å². The fourth-order valence-corrected chi connectivity index (χ4v) is 1.89. The maximum absolute atomic E-state index is 10.9. The lowest BCUT2D eigenvalue weighted by molar-refractivity contribution is 0.153. The molecule has 1 aromatic rings. The molecule has 0 aliphatic rings. The van der Waals surface area contributed by atoms with Crippen LogP contribution in [-0.4, -0.2) is 47.2 Å². The van der Waals surface area contributed by atoms with Gasteiger partial charge in [0.15, 0.2) is 0 Å². The fourth-order valence-electron chi connectivity index (χ4n) is 1.89. The normalized spacial score (nSPS) is 10.4. The van der Waals surface area contributed by atoms with Crippen molar-refractivity contribution in [3.05, 3.63) is 17.0 Å². The van der Waals surface area contributed by atoms with Gasteiger partial charge in [0, 0.05) is 26.8 Å². The molecular formula is C13H22N4O2. The molecule has 1 heterocycles. The van der Waals surface area contributed by atoms with Crippen molar-refractivity contribution in [2.75, 3.05) is 26.0 Å². The number of rotatable bonds is 5. The molecule has 106 valence electrons. The largest absolute Gasteiger partial charge is 0.465 e. The first-order valence-electron chi connectivity index (χ1n) is 6.40. The van der Waals surface area contributed by atoms with Gasteiger partial charge in [0.2, 0.25) is 5.95 Å². The molecule has 0 aromatic carbocycles. The van der Waals surface area contributed by atoms with Gasteiger partial charge in [-0.2, -0.15) is 0 Å². The number of hydrogen-bond donors (Lipinski definition) is 1. The van der Waals surface area contributed by atoms with Gasteiger partial charge in [-0.3, -0.25) is 0 Å². The number of aromatic nitrogens is 2. The van der Waals surface area contributed by atoms with Crippen LogP contribution in [0.3, 0.4) is 0 Å². The molecule has 0 aliphatic heterocycles. The minimum Gasteiger partial charge on any atom is -0.465 e. The summed E-state index contributed by atoms with van der Waals surface area (Å²) in [7, 11) is 5.31. The Morgan fingerprint density at radius 3 is 2.11 bits per heavy atom. The van der Waals surface area contributed by atoms with Crippen molar-refractivity contribution in [3.8, 4) is 0 Å². The van der Waals surface area contributed by atoms with Crippen LogP contribution in [-0.2, 0) is 19.4 Å². The van der Waals surface area contributed by atoms with Crippen LogP contribution in [0.25, 0.3) is 0 Å². The Labute approximate surface area is 114 Å². The Morgan fingerprint density at radius 2 is 1.68 bits per heavy atom. The maximum atomic E-state index is 10.9. The first kappa shape index (κ1) is 15.2. The first-order chi connectivity index (χ1) is 8.90. The summed E-state index contributed by atoms with van der Waals surface area (Å²) in [5.74, 6) is 0.628. The van der Waals surface area contributed by atoms with E-state index in [9.17, 15) is 4.79 Å². The van der Waals surface area contributed by atoms with Gasteiger partial charge in [0.05, 0.1) is 12.2 Å². The molecule has 19 heavy (non-hydrogen) atoms. The van der Waals surface area contributed by atoms with Crippen molar-refractivity contribution in [1.82, 2.24) is 14.9 Å². The number of carboxylic acid groups (broad SMARTS) is 1. The van der Waals surface area contributed by atoms with Crippen LogP contribution in [0.2, 0.25) is 0 Å². The zero-order valence-corrected chi connectivity index (χ0v) is 12.3. The third kappa shape index (κ3) is 3.56. The molecule has 1 amide bonds. The third-order valence-electron chi connectivity index (χ3n) is 2.97. The quantitative estimate of drug-likeness (QED) is 0.879. The van der Waals surface area contributed by atoms with Gasteiger partial charge in [-0.15, -0.1) is 0 Å². The van der Waals surface area contributed by atoms with E-state index < -0.39 is 6.09 Å². The Hall–Kier alpha value is -1.85. The second-order valence-corrected chi connectivity index (χ2v) is 4.64. The summed E-state index contributed by atoms with van der Waals surface area (Å²) in [6.07, 6.45) is 0.667. The summed E-state index contributed by atoms with van der Waals surface area (Å²) >= 11 is 0. The van der Waals surface area contributed by atoms with E-state index in [1.54, 1.807) is 7.05 Å². The van der Waals surface area contributed by atoms with Gasteiger partial charge in [0.25, 0.3) is 0 Å². The molecule has 0 unspecified atom stereocenters. The molecule has 0 spiro atoms. The highest BCUT2D eigenvalue weighted by atomic mass is 16.4. The molecule has 6 heteroatoms. The molecule has 0 bridgehead atoms. The summed E-state index contributed by atoms with van der Waals surface area (Å²) < 4.78 is 0. The number of amides is 1. The standard InChI is InChI=1S/C13H22N4O2/c1-6-9-10(7-2)14-12(16(3)4)15-11(9)8-17(5)13(18)19/h6-8H2,1-5H3,(H,18,19). The summed E-state index contributed by atoms with van der Waals surface area (Å²) in [4.78, 5) is 23.0. The SMILES string of the molecule is CCc1nc(N(C)C)nc(CN(C)C(=O)O)c1CC. The number of carbonyl (C=O) groups is 1. The number of anilines is 1. The average Bonchev–Trinajstić information content (AvgIpc) is 2.37. The van der Waals surface area contributed by atoms with E-state index in [-0.39, 0.29) is 6.54 Å². The van der Waals surface area contributed by atoms with E-state index in [2.05, 4.69) is 9.97 Å². The Kier molecular flexibility index (Phi) is 5.09. The van der Waals surface area contributed by atoms with Crippen LogP contribution in [0.4, 0.5) is 10.7 Å². The van der Waals surface area contributed by atoms with Crippen molar-refractivity contribution >= 4 is 12.0 Å². The van der Waals surface area contributed by atoms with Gasteiger partial charge in [-0.05, 0) is 18.4 Å². The molecule has 0 aliphatic carbocycles. The zero-order valence-electron chi connectivity index (χ0n) is 12.3. The Morgan fingerprint density at radius 1 is 1.11 bits per heavy atom. The van der Waals surface area contributed by atoms with Crippen LogP contribution < -0.4 is 4.90 Å². The van der Waals surface area contributed by atoms with Gasteiger partial charge in [-0.1, -0.05) is 13.8 Å². The van der Waals surface area contributed by atoms with E-state index in [1.807, 2.05) is 32.8 Å². The smallest absolute Gasteiger partial charge is 0.407 e. The predicted octanol–water partition coefficient (Wildman–Crippen LogP) is 1.78. The summed E-state index contributed by atoms with van der Waals surface area (Å²) in [6.45, 7) is 4.37. The van der Waals surface area contributed by atoms with E-state index >= 15 is 0 Å². The van der Waals surface area contributed by atoms with Crippen molar-refractivity contribution < 1.29 is 9.90 Å². The van der Waals surface area contributed by atoms with Crippen LogP contribution in [0.1, 0.15) is 30.8 Å². The highest BCUT2D eigenvalue weighted by molar-refractivity contribution is 5.64. The molecule has 0 radical (unpaired) electrons. The molecule has 1 aromatic heterocycles. The van der Waals surface area contributed by atoms with Crippen molar-refractivity contribution in [2.24, 2.45) is 0 Å². The second-order valence-electron chi connectivity index (χ2n) is 4.64. The Bertz CT molecular complexity index is 460. The molecule has 0 fully saturated rings. The monoisotopic (exact) mass is 266 g/mol. The lowest BCUT2D eigenvalue weighted by Crippen LogP contribution is -2.26. The number of aryl methyl sites for hydroxylation is 1. The fraction of sp³-hybridized carbons (Fsp3) is 0.615. The van der Waals surface area contributed by atoms with E-state index in [1.165, 1.54) is 4.90 Å². The van der Waals surface area contributed by atoms with Gasteiger partial charge in [-0.25, -0.2) is 14.8 Å². The predicted molar refractivity (Wildman–Crippen MR) is 74.6 cm³/mol. The first-order valence-corrected chi connectivity index (χ1v) is 6.40.